The van der Waals surface area contributed by atoms with E-state index in [-0.39, 0.29) is 5.82 Å². The van der Waals surface area contributed by atoms with Crippen LogP contribution in [0.25, 0.3) is 0 Å². The third kappa shape index (κ3) is 2.97. The lowest BCUT2D eigenvalue weighted by Gasteiger charge is -2.01. The second-order valence-corrected chi connectivity index (χ2v) is 4.78. The van der Waals surface area contributed by atoms with E-state index in [1.54, 1.807) is 29.2 Å². The predicted octanol–water partition coefficient (Wildman–Crippen LogP) is 1.58. The molecule has 7 heteroatoms. The number of hydrogen-bond acceptors (Lipinski definition) is 5. The minimum atomic E-state index is -0.506. The van der Waals surface area contributed by atoms with Gasteiger partial charge in [0.2, 0.25) is 5.89 Å². The molecule has 0 aliphatic carbocycles. The summed E-state index contributed by atoms with van der Waals surface area (Å²) in [4.78, 5) is 4.28. The molecule has 0 amide bonds. The van der Waals surface area contributed by atoms with Crippen LogP contribution in [-0.4, -0.2) is 19.9 Å². The summed E-state index contributed by atoms with van der Waals surface area (Å²) in [5, 5.41) is 7.96. The highest BCUT2D eigenvalue weighted by atomic mass is 19.1. The van der Waals surface area contributed by atoms with E-state index in [0.717, 1.165) is 11.1 Å². The summed E-state index contributed by atoms with van der Waals surface area (Å²) < 4.78 is 19.7. The van der Waals surface area contributed by atoms with Gasteiger partial charge < -0.3 is 10.3 Å². The molecule has 0 radical (unpaired) electrons. The van der Waals surface area contributed by atoms with Crippen molar-refractivity contribution >= 4 is 0 Å². The molecule has 1 aromatic carbocycles. The van der Waals surface area contributed by atoms with Crippen molar-refractivity contribution < 1.29 is 8.91 Å². The van der Waals surface area contributed by atoms with Crippen LogP contribution in [0.2, 0.25) is 0 Å². The molecule has 0 aliphatic rings. The van der Waals surface area contributed by atoms with E-state index in [2.05, 4.69) is 15.2 Å². The summed E-state index contributed by atoms with van der Waals surface area (Å²) in [5.74, 6) is 0.571. The molecule has 2 heterocycles. The van der Waals surface area contributed by atoms with Crippen LogP contribution in [0.15, 0.2) is 41.2 Å². The number of halogens is 1. The molecule has 3 rings (SSSR count). The molecule has 21 heavy (non-hydrogen) atoms. The van der Waals surface area contributed by atoms with Gasteiger partial charge in [-0.1, -0.05) is 17.3 Å². The molecule has 6 nitrogen and oxygen atoms in total. The van der Waals surface area contributed by atoms with Gasteiger partial charge in [-0.2, -0.15) is 10.1 Å². The fourth-order valence-corrected chi connectivity index (χ4v) is 1.99. The highest BCUT2D eigenvalue weighted by molar-refractivity contribution is 5.21. The molecule has 0 spiro atoms. The van der Waals surface area contributed by atoms with Crippen LogP contribution < -0.4 is 5.73 Å². The first-order valence-corrected chi connectivity index (χ1v) is 6.43. The molecule has 0 bridgehead atoms. The number of nitrogens with two attached hydrogens (primary N) is 1. The number of rotatable bonds is 4. The van der Waals surface area contributed by atoms with Gasteiger partial charge in [0, 0.05) is 25.2 Å². The summed E-state index contributed by atoms with van der Waals surface area (Å²) in [6.07, 6.45) is 3.92. The SMILES string of the molecule is Cn1cc(C(N)c2nc(Cc3ccc(F)cc3)no2)cn1. The topological polar surface area (TPSA) is 82.8 Å². The standard InChI is InChI=1S/C14H14FN5O/c1-20-8-10(7-17-20)13(16)14-18-12(19-21-14)6-9-2-4-11(15)5-3-9/h2-5,7-8,13H,6,16H2,1H3. The first-order chi connectivity index (χ1) is 10.1. The van der Waals surface area contributed by atoms with Gasteiger partial charge in [0.05, 0.1) is 6.20 Å². The molecule has 0 saturated heterocycles. The summed E-state index contributed by atoms with van der Waals surface area (Å²) >= 11 is 0. The Bertz CT molecular complexity index is 734. The Labute approximate surface area is 120 Å². The number of benzene rings is 1. The maximum Gasteiger partial charge on any atom is 0.248 e. The van der Waals surface area contributed by atoms with Crippen molar-refractivity contribution in [1.29, 1.82) is 0 Å². The molecule has 2 N–H and O–H groups in total. The van der Waals surface area contributed by atoms with Crippen molar-refractivity contribution in [3.8, 4) is 0 Å². The Hall–Kier alpha value is -2.54. The molecule has 1 atom stereocenters. The van der Waals surface area contributed by atoms with Crippen LogP contribution >= 0.6 is 0 Å². The Morgan fingerprint density at radius 1 is 1.33 bits per heavy atom. The summed E-state index contributed by atoms with van der Waals surface area (Å²) in [7, 11) is 1.81. The largest absolute Gasteiger partial charge is 0.337 e. The zero-order valence-electron chi connectivity index (χ0n) is 11.4. The van der Waals surface area contributed by atoms with E-state index < -0.39 is 6.04 Å². The fraction of sp³-hybridized carbons (Fsp3) is 0.214. The Balaban J connectivity index is 1.75. The number of nitrogens with zero attached hydrogens (tertiary/aromatic N) is 4. The average Bonchev–Trinajstić information content (AvgIpc) is 3.10. The number of hydrogen-bond donors (Lipinski definition) is 1. The maximum atomic E-state index is 12.9. The zero-order chi connectivity index (χ0) is 14.8. The van der Waals surface area contributed by atoms with Crippen molar-refractivity contribution in [2.45, 2.75) is 12.5 Å². The zero-order valence-corrected chi connectivity index (χ0v) is 11.4. The van der Waals surface area contributed by atoms with E-state index in [1.807, 2.05) is 7.05 Å². The van der Waals surface area contributed by atoms with Gasteiger partial charge in [-0.25, -0.2) is 4.39 Å². The highest BCUT2D eigenvalue weighted by Crippen LogP contribution is 2.18. The van der Waals surface area contributed by atoms with Crippen LogP contribution in [-0.2, 0) is 13.5 Å². The van der Waals surface area contributed by atoms with Crippen molar-refractivity contribution in [3.63, 3.8) is 0 Å². The van der Waals surface area contributed by atoms with Crippen LogP contribution in [0.4, 0.5) is 4.39 Å². The fourth-order valence-electron chi connectivity index (χ4n) is 1.99. The van der Waals surface area contributed by atoms with Crippen molar-refractivity contribution in [2.75, 3.05) is 0 Å². The quantitative estimate of drug-likeness (QED) is 0.787. The van der Waals surface area contributed by atoms with Crippen molar-refractivity contribution in [3.05, 3.63) is 65.3 Å². The highest BCUT2D eigenvalue weighted by Gasteiger charge is 2.18. The van der Waals surface area contributed by atoms with Gasteiger partial charge in [-0.15, -0.1) is 0 Å². The van der Waals surface area contributed by atoms with Crippen LogP contribution in [0, 0.1) is 5.82 Å². The monoisotopic (exact) mass is 287 g/mol. The minimum Gasteiger partial charge on any atom is -0.337 e. The Kier molecular flexibility index (Phi) is 3.49. The second-order valence-electron chi connectivity index (χ2n) is 4.78. The van der Waals surface area contributed by atoms with Gasteiger partial charge >= 0.3 is 0 Å². The Morgan fingerprint density at radius 3 is 2.76 bits per heavy atom. The molecule has 2 aromatic heterocycles. The summed E-state index contributed by atoms with van der Waals surface area (Å²) in [6, 6.07) is 5.67. The smallest absolute Gasteiger partial charge is 0.248 e. The van der Waals surface area contributed by atoms with Crippen LogP contribution in [0.3, 0.4) is 0 Å². The molecule has 0 saturated carbocycles. The minimum absolute atomic E-state index is 0.272. The lowest BCUT2D eigenvalue weighted by Crippen LogP contribution is -2.11. The third-order valence-corrected chi connectivity index (χ3v) is 3.11. The van der Waals surface area contributed by atoms with E-state index >= 15 is 0 Å². The lowest BCUT2D eigenvalue weighted by atomic mass is 10.1. The molecular formula is C14H14FN5O. The Morgan fingerprint density at radius 2 is 2.10 bits per heavy atom. The van der Waals surface area contributed by atoms with Gasteiger partial charge in [0.1, 0.15) is 11.9 Å². The predicted molar refractivity (Wildman–Crippen MR) is 72.7 cm³/mol. The molecule has 3 aromatic rings. The van der Waals surface area contributed by atoms with Gasteiger partial charge in [-0.3, -0.25) is 4.68 Å². The van der Waals surface area contributed by atoms with Crippen molar-refractivity contribution in [1.82, 2.24) is 19.9 Å². The van der Waals surface area contributed by atoms with Gasteiger partial charge in [-0.05, 0) is 17.7 Å². The van der Waals surface area contributed by atoms with E-state index in [0.29, 0.717) is 18.1 Å². The first kappa shape index (κ1) is 13.4. The average molecular weight is 287 g/mol. The summed E-state index contributed by atoms with van der Waals surface area (Å²) in [5.41, 5.74) is 7.76. The maximum absolute atomic E-state index is 12.9. The van der Waals surface area contributed by atoms with Crippen LogP contribution in [0.1, 0.15) is 28.9 Å². The normalized spacial score (nSPS) is 12.5. The molecule has 1 unspecified atom stereocenters. The molecule has 0 fully saturated rings. The molecule has 0 aliphatic heterocycles. The third-order valence-electron chi connectivity index (χ3n) is 3.11. The lowest BCUT2D eigenvalue weighted by molar-refractivity contribution is 0.363. The molecule has 108 valence electrons. The first-order valence-electron chi connectivity index (χ1n) is 6.43. The van der Waals surface area contributed by atoms with Crippen molar-refractivity contribution in [2.24, 2.45) is 12.8 Å². The number of aryl methyl sites for hydroxylation is 1. The number of aromatic nitrogens is 4. The van der Waals surface area contributed by atoms with E-state index in [4.69, 9.17) is 10.3 Å². The summed E-state index contributed by atoms with van der Waals surface area (Å²) in [6.45, 7) is 0. The van der Waals surface area contributed by atoms with E-state index in [1.165, 1.54) is 12.1 Å². The van der Waals surface area contributed by atoms with Gasteiger partial charge in [0.25, 0.3) is 0 Å². The second kappa shape index (κ2) is 5.45. The van der Waals surface area contributed by atoms with E-state index in [9.17, 15) is 4.39 Å². The van der Waals surface area contributed by atoms with Gasteiger partial charge in [0.15, 0.2) is 5.82 Å². The van der Waals surface area contributed by atoms with Crippen LogP contribution in [0.5, 0.6) is 0 Å². The molecular weight excluding hydrogens is 273 g/mol.